The largest absolute Gasteiger partial charge is 0.494 e. The quantitative estimate of drug-likeness (QED) is 0.289. The van der Waals surface area contributed by atoms with Crippen molar-refractivity contribution in [3.8, 4) is 0 Å². The van der Waals surface area contributed by atoms with Gasteiger partial charge in [-0.15, -0.1) is 0 Å². The zero-order valence-electron chi connectivity index (χ0n) is 19.7. The number of hydrogen-bond acceptors (Lipinski definition) is 2. The SMILES string of the molecule is C=C(/C=C/C1CCC(c2ccc(C3CCC(OC)CC3)c(F)c2F)CC1)/C=C(/F)C(=C)OC. The van der Waals surface area contributed by atoms with Crippen molar-refractivity contribution < 1.29 is 22.6 Å². The van der Waals surface area contributed by atoms with Gasteiger partial charge in [0.15, 0.2) is 17.5 Å². The minimum atomic E-state index is -0.673. The van der Waals surface area contributed by atoms with E-state index < -0.39 is 17.5 Å². The van der Waals surface area contributed by atoms with E-state index >= 15 is 4.39 Å². The van der Waals surface area contributed by atoms with Crippen LogP contribution in [0.25, 0.3) is 0 Å². The third kappa shape index (κ3) is 6.41. The lowest BCUT2D eigenvalue weighted by Crippen LogP contribution is -2.20. The standard InChI is InChI=1S/C28H35F3O2/c1-18(17-26(29)19(2)32-3)5-6-20-7-9-21(10-8-20)24-15-16-25(28(31)27(24)30)22-11-13-23(33-4)14-12-22/h5-6,15-17,20-23H,1-2,7-14H2,3-4H3/b6-5+,26-17+. The van der Waals surface area contributed by atoms with E-state index in [2.05, 4.69) is 13.2 Å². The van der Waals surface area contributed by atoms with Gasteiger partial charge in [-0.2, -0.15) is 0 Å². The van der Waals surface area contributed by atoms with Crippen molar-refractivity contribution >= 4 is 0 Å². The number of rotatable bonds is 8. The molecule has 2 nitrogen and oxygen atoms in total. The van der Waals surface area contributed by atoms with E-state index in [9.17, 15) is 8.78 Å². The maximum absolute atomic E-state index is 15.0. The Hall–Kier alpha value is -2.27. The van der Waals surface area contributed by atoms with Crippen LogP contribution in [0.5, 0.6) is 0 Å². The summed E-state index contributed by atoms with van der Waals surface area (Å²) in [5.41, 5.74) is 1.53. The molecule has 0 saturated heterocycles. The lowest BCUT2D eigenvalue weighted by molar-refractivity contribution is 0.0655. The first kappa shape index (κ1) is 25.4. The molecule has 2 saturated carbocycles. The summed E-state index contributed by atoms with van der Waals surface area (Å²) >= 11 is 0. The van der Waals surface area contributed by atoms with Crippen molar-refractivity contribution in [2.75, 3.05) is 14.2 Å². The van der Waals surface area contributed by atoms with Crippen LogP contribution in [0.15, 0.2) is 60.7 Å². The van der Waals surface area contributed by atoms with E-state index in [1.807, 2.05) is 6.08 Å². The molecule has 0 heterocycles. The summed E-state index contributed by atoms with van der Waals surface area (Å²) in [5.74, 6) is -1.53. The number of ether oxygens (including phenoxy) is 2. The minimum Gasteiger partial charge on any atom is -0.494 e. The summed E-state index contributed by atoms with van der Waals surface area (Å²) in [6.45, 7) is 7.31. The molecule has 5 heteroatoms. The van der Waals surface area contributed by atoms with Crippen molar-refractivity contribution in [3.05, 3.63) is 83.4 Å². The molecule has 2 fully saturated rings. The second-order valence-electron chi connectivity index (χ2n) is 9.25. The van der Waals surface area contributed by atoms with Crippen molar-refractivity contribution in [3.63, 3.8) is 0 Å². The Labute approximate surface area is 195 Å². The Kier molecular flexibility index (Phi) is 9.02. The van der Waals surface area contributed by atoms with Gasteiger partial charge in [0.1, 0.15) is 5.76 Å². The van der Waals surface area contributed by atoms with E-state index in [-0.39, 0.29) is 23.7 Å². The average Bonchev–Trinajstić information content (AvgIpc) is 2.84. The fourth-order valence-electron chi connectivity index (χ4n) is 5.09. The van der Waals surface area contributed by atoms with Crippen molar-refractivity contribution in [2.24, 2.45) is 5.92 Å². The molecule has 2 aliphatic rings. The second-order valence-corrected chi connectivity index (χ2v) is 9.25. The van der Waals surface area contributed by atoms with E-state index in [1.165, 1.54) is 13.2 Å². The zero-order chi connectivity index (χ0) is 24.0. The number of halogens is 3. The molecular formula is C28H35F3O2. The van der Waals surface area contributed by atoms with Gasteiger partial charge in [0.25, 0.3) is 0 Å². The Morgan fingerprint density at radius 1 is 0.879 bits per heavy atom. The molecule has 0 spiro atoms. The monoisotopic (exact) mass is 460 g/mol. The van der Waals surface area contributed by atoms with Crippen molar-refractivity contribution in [2.45, 2.75) is 69.3 Å². The van der Waals surface area contributed by atoms with Crippen molar-refractivity contribution in [1.82, 2.24) is 0 Å². The van der Waals surface area contributed by atoms with E-state index in [1.54, 1.807) is 25.3 Å². The molecule has 0 radical (unpaired) electrons. The van der Waals surface area contributed by atoms with Gasteiger partial charge in [0.05, 0.1) is 13.2 Å². The highest BCUT2D eigenvalue weighted by Gasteiger charge is 2.29. The minimum absolute atomic E-state index is 0.0213. The lowest BCUT2D eigenvalue weighted by Gasteiger charge is -2.30. The van der Waals surface area contributed by atoms with E-state index in [0.29, 0.717) is 22.6 Å². The number of allylic oxidation sites excluding steroid dienone is 5. The highest BCUT2D eigenvalue weighted by Crippen LogP contribution is 2.41. The molecule has 0 unspecified atom stereocenters. The molecule has 0 bridgehead atoms. The highest BCUT2D eigenvalue weighted by atomic mass is 19.2. The molecule has 0 amide bonds. The third-order valence-electron chi connectivity index (χ3n) is 7.21. The van der Waals surface area contributed by atoms with E-state index in [0.717, 1.165) is 51.4 Å². The van der Waals surface area contributed by atoms with Crippen LogP contribution in [-0.2, 0) is 9.47 Å². The van der Waals surface area contributed by atoms with Crippen LogP contribution in [0.1, 0.15) is 74.3 Å². The predicted octanol–water partition coefficient (Wildman–Crippen LogP) is 8.04. The number of benzene rings is 1. The first-order valence-electron chi connectivity index (χ1n) is 11.8. The fraction of sp³-hybridized carbons (Fsp3) is 0.500. The van der Waals surface area contributed by atoms with Crippen LogP contribution >= 0.6 is 0 Å². The first-order valence-corrected chi connectivity index (χ1v) is 11.8. The average molecular weight is 461 g/mol. The molecule has 0 aromatic heterocycles. The lowest BCUT2D eigenvalue weighted by atomic mass is 9.77. The normalized spacial score (nSPS) is 26.4. The summed E-state index contributed by atoms with van der Waals surface area (Å²) in [4.78, 5) is 0. The summed E-state index contributed by atoms with van der Waals surface area (Å²) in [7, 11) is 3.07. The molecule has 0 atom stereocenters. The molecule has 0 aliphatic heterocycles. The molecule has 33 heavy (non-hydrogen) atoms. The van der Waals surface area contributed by atoms with Crippen LogP contribution in [0, 0.1) is 17.6 Å². The molecule has 180 valence electrons. The molecule has 1 aromatic carbocycles. The van der Waals surface area contributed by atoms with Gasteiger partial charge in [-0.3, -0.25) is 0 Å². The molecule has 3 rings (SSSR count). The Morgan fingerprint density at radius 3 is 1.88 bits per heavy atom. The molecule has 0 N–H and O–H groups in total. The maximum atomic E-state index is 15.0. The van der Waals surface area contributed by atoms with Crippen LogP contribution in [0.4, 0.5) is 13.2 Å². The van der Waals surface area contributed by atoms with Crippen LogP contribution in [-0.4, -0.2) is 20.3 Å². The van der Waals surface area contributed by atoms with Gasteiger partial charge in [0, 0.05) is 7.11 Å². The van der Waals surface area contributed by atoms with Gasteiger partial charge in [-0.05, 0) is 91.9 Å². The van der Waals surface area contributed by atoms with Gasteiger partial charge in [-0.25, -0.2) is 13.2 Å². The Balaban J connectivity index is 1.58. The Morgan fingerprint density at radius 2 is 1.39 bits per heavy atom. The van der Waals surface area contributed by atoms with E-state index in [4.69, 9.17) is 9.47 Å². The highest BCUT2D eigenvalue weighted by molar-refractivity contribution is 5.34. The molecule has 1 aromatic rings. The van der Waals surface area contributed by atoms with Gasteiger partial charge in [0.2, 0.25) is 0 Å². The van der Waals surface area contributed by atoms with Gasteiger partial charge in [-0.1, -0.05) is 37.4 Å². The third-order valence-corrected chi connectivity index (χ3v) is 7.21. The van der Waals surface area contributed by atoms with Crippen LogP contribution < -0.4 is 0 Å². The molecular weight excluding hydrogens is 425 g/mol. The topological polar surface area (TPSA) is 18.5 Å². The fourth-order valence-corrected chi connectivity index (χ4v) is 5.09. The van der Waals surface area contributed by atoms with Crippen molar-refractivity contribution in [1.29, 1.82) is 0 Å². The van der Waals surface area contributed by atoms with Gasteiger partial charge < -0.3 is 9.47 Å². The van der Waals surface area contributed by atoms with Gasteiger partial charge >= 0.3 is 0 Å². The first-order chi connectivity index (χ1) is 15.8. The molecule has 2 aliphatic carbocycles. The zero-order valence-corrected chi connectivity index (χ0v) is 19.7. The summed E-state index contributed by atoms with van der Waals surface area (Å²) < 4.78 is 53.9. The predicted molar refractivity (Wildman–Crippen MR) is 127 cm³/mol. The van der Waals surface area contributed by atoms with Crippen LogP contribution in [0.3, 0.4) is 0 Å². The smallest absolute Gasteiger partial charge is 0.164 e. The number of methoxy groups -OCH3 is 2. The summed E-state index contributed by atoms with van der Waals surface area (Å²) in [6.07, 6.45) is 12.1. The maximum Gasteiger partial charge on any atom is 0.164 e. The number of hydrogen-bond donors (Lipinski definition) is 0. The summed E-state index contributed by atoms with van der Waals surface area (Å²) in [5, 5.41) is 0. The van der Waals surface area contributed by atoms with Crippen LogP contribution in [0.2, 0.25) is 0 Å². The summed E-state index contributed by atoms with van der Waals surface area (Å²) in [6, 6.07) is 3.60. The Bertz CT molecular complexity index is 902. The second kappa shape index (κ2) is 11.7.